The minimum atomic E-state index is 0.377. The highest BCUT2D eigenvalue weighted by molar-refractivity contribution is 14.1. The summed E-state index contributed by atoms with van der Waals surface area (Å²) in [5.74, 6) is 1.03. The number of rotatable bonds is 5. The van der Waals surface area contributed by atoms with Gasteiger partial charge in [-0.05, 0) is 47.2 Å². The van der Waals surface area contributed by atoms with Crippen molar-refractivity contribution in [1.82, 2.24) is 15.3 Å². The van der Waals surface area contributed by atoms with Gasteiger partial charge in [0.25, 0.3) is 0 Å². The summed E-state index contributed by atoms with van der Waals surface area (Å²) in [6.45, 7) is 3.12. The average molecular weight is 341 g/mol. The quantitative estimate of drug-likeness (QED) is 0.821. The molecule has 0 aliphatic heterocycles. The Balaban J connectivity index is 1.81. The molecule has 2 rings (SSSR count). The Bertz CT molecular complexity index is 436. The van der Waals surface area contributed by atoms with Crippen molar-refractivity contribution < 1.29 is 0 Å². The zero-order valence-electron chi connectivity index (χ0n) is 9.78. The minimum Gasteiger partial charge on any atom is -0.349 e. The van der Waals surface area contributed by atoms with Gasteiger partial charge in [-0.25, -0.2) is 4.98 Å². The third-order valence-electron chi connectivity index (χ3n) is 2.74. The summed E-state index contributed by atoms with van der Waals surface area (Å²) in [5, 5.41) is 3.49. The van der Waals surface area contributed by atoms with Crippen LogP contribution in [0.2, 0.25) is 0 Å². The lowest BCUT2D eigenvalue weighted by molar-refractivity contribution is 0.571. The molecule has 0 radical (unpaired) electrons. The van der Waals surface area contributed by atoms with Crippen LogP contribution in [0.3, 0.4) is 0 Å². The Morgan fingerprint density at radius 3 is 2.76 bits per heavy atom. The van der Waals surface area contributed by atoms with Crippen molar-refractivity contribution in [3.05, 3.63) is 51.6 Å². The van der Waals surface area contributed by atoms with E-state index in [4.69, 9.17) is 0 Å². The smallest absolute Gasteiger partial charge is 0.107 e. The molecular formula is C13H16IN3. The third kappa shape index (κ3) is 3.81. The fourth-order valence-electron chi connectivity index (χ4n) is 1.71. The van der Waals surface area contributed by atoms with Gasteiger partial charge in [-0.3, -0.25) is 0 Å². The number of imidazole rings is 1. The van der Waals surface area contributed by atoms with E-state index in [1.807, 2.05) is 6.20 Å². The molecule has 90 valence electrons. The largest absolute Gasteiger partial charge is 0.349 e. The fourth-order valence-corrected chi connectivity index (χ4v) is 2.07. The normalized spacial score (nSPS) is 12.6. The summed E-state index contributed by atoms with van der Waals surface area (Å²) in [4.78, 5) is 7.31. The van der Waals surface area contributed by atoms with Crippen LogP contribution in [0.25, 0.3) is 0 Å². The number of nitrogens with one attached hydrogen (secondary N) is 2. The molecule has 1 atom stereocenters. The van der Waals surface area contributed by atoms with Crippen molar-refractivity contribution in [2.24, 2.45) is 0 Å². The predicted molar refractivity (Wildman–Crippen MR) is 77.9 cm³/mol. The zero-order valence-corrected chi connectivity index (χ0v) is 11.9. The molecule has 4 heteroatoms. The Labute approximate surface area is 115 Å². The van der Waals surface area contributed by atoms with Gasteiger partial charge in [0.05, 0.1) is 0 Å². The van der Waals surface area contributed by atoms with Crippen LogP contribution in [-0.4, -0.2) is 16.5 Å². The van der Waals surface area contributed by atoms with Gasteiger partial charge in [-0.1, -0.05) is 12.1 Å². The molecular weight excluding hydrogens is 325 g/mol. The van der Waals surface area contributed by atoms with Crippen molar-refractivity contribution in [3.63, 3.8) is 0 Å². The summed E-state index contributed by atoms with van der Waals surface area (Å²) in [7, 11) is 0. The third-order valence-corrected chi connectivity index (χ3v) is 3.46. The average Bonchev–Trinajstić information content (AvgIpc) is 2.83. The second kappa shape index (κ2) is 6.16. The Morgan fingerprint density at radius 1 is 1.35 bits per heavy atom. The maximum atomic E-state index is 4.20. The Hall–Kier alpha value is -0.880. The van der Waals surface area contributed by atoms with Crippen molar-refractivity contribution in [3.8, 4) is 0 Å². The van der Waals surface area contributed by atoms with Crippen LogP contribution in [0.5, 0.6) is 0 Å². The summed E-state index contributed by atoms with van der Waals surface area (Å²) in [6.07, 6.45) is 4.58. The van der Waals surface area contributed by atoms with E-state index < -0.39 is 0 Å². The highest BCUT2D eigenvalue weighted by Crippen LogP contribution is 2.14. The number of aromatic nitrogens is 2. The van der Waals surface area contributed by atoms with E-state index in [0.29, 0.717) is 6.04 Å². The number of hydrogen-bond acceptors (Lipinski definition) is 2. The van der Waals surface area contributed by atoms with E-state index in [1.54, 1.807) is 6.20 Å². The topological polar surface area (TPSA) is 40.7 Å². The van der Waals surface area contributed by atoms with E-state index in [-0.39, 0.29) is 0 Å². The highest BCUT2D eigenvalue weighted by atomic mass is 127. The number of nitrogens with zero attached hydrogens (tertiary/aromatic N) is 1. The number of aromatic amines is 1. The summed E-state index contributed by atoms with van der Waals surface area (Å²) < 4.78 is 1.27. The van der Waals surface area contributed by atoms with Gasteiger partial charge in [-0.2, -0.15) is 0 Å². The van der Waals surface area contributed by atoms with Gasteiger partial charge in [0.2, 0.25) is 0 Å². The maximum Gasteiger partial charge on any atom is 0.107 e. The molecule has 0 aliphatic carbocycles. The molecule has 0 bridgehead atoms. The molecule has 0 aliphatic rings. The summed E-state index contributed by atoms with van der Waals surface area (Å²) in [5.41, 5.74) is 1.32. The highest BCUT2D eigenvalue weighted by Gasteiger charge is 2.04. The SMILES string of the molecule is CC(NCCc1ncc[nH]1)c1ccc(I)cc1. The van der Waals surface area contributed by atoms with Crippen molar-refractivity contribution in [1.29, 1.82) is 0 Å². The first-order chi connectivity index (χ1) is 8.25. The number of hydrogen-bond donors (Lipinski definition) is 2. The molecule has 1 unspecified atom stereocenters. The molecule has 0 saturated heterocycles. The van der Waals surface area contributed by atoms with Gasteiger partial charge < -0.3 is 10.3 Å². The van der Waals surface area contributed by atoms with E-state index in [0.717, 1.165) is 18.8 Å². The van der Waals surface area contributed by atoms with Gasteiger partial charge >= 0.3 is 0 Å². The van der Waals surface area contributed by atoms with Gasteiger partial charge in [-0.15, -0.1) is 0 Å². The van der Waals surface area contributed by atoms with Crippen LogP contribution >= 0.6 is 22.6 Å². The Kier molecular flexibility index (Phi) is 4.56. The first-order valence-electron chi connectivity index (χ1n) is 5.73. The van der Waals surface area contributed by atoms with Crippen molar-refractivity contribution >= 4 is 22.6 Å². The molecule has 0 fully saturated rings. The summed E-state index contributed by atoms with van der Waals surface area (Å²) in [6, 6.07) is 9.00. The van der Waals surface area contributed by atoms with Crippen LogP contribution in [0.4, 0.5) is 0 Å². The molecule has 0 saturated carbocycles. The lowest BCUT2D eigenvalue weighted by Gasteiger charge is -2.13. The summed E-state index contributed by atoms with van der Waals surface area (Å²) >= 11 is 2.32. The molecule has 1 aromatic heterocycles. The standard InChI is InChI=1S/C13H16IN3/c1-10(11-2-4-12(14)5-3-11)15-7-6-13-16-8-9-17-13/h2-5,8-10,15H,6-7H2,1H3,(H,16,17). The predicted octanol–water partition coefficient (Wildman–Crippen LogP) is 2.91. The van der Waals surface area contributed by atoms with Gasteiger partial charge in [0, 0.05) is 35.0 Å². The second-order valence-electron chi connectivity index (χ2n) is 4.01. The van der Waals surface area contributed by atoms with Crippen LogP contribution in [-0.2, 0) is 6.42 Å². The van der Waals surface area contributed by atoms with E-state index >= 15 is 0 Å². The number of halogens is 1. The fraction of sp³-hybridized carbons (Fsp3) is 0.308. The van der Waals surface area contributed by atoms with Crippen LogP contribution < -0.4 is 5.32 Å². The molecule has 2 N–H and O–H groups in total. The molecule has 1 aromatic carbocycles. The monoisotopic (exact) mass is 341 g/mol. The maximum absolute atomic E-state index is 4.20. The van der Waals surface area contributed by atoms with E-state index in [2.05, 4.69) is 69.1 Å². The van der Waals surface area contributed by atoms with Crippen LogP contribution in [0.1, 0.15) is 24.4 Å². The molecule has 1 heterocycles. The van der Waals surface area contributed by atoms with Gasteiger partial charge in [0.1, 0.15) is 5.82 Å². The first kappa shape index (κ1) is 12.6. The molecule has 0 amide bonds. The zero-order chi connectivity index (χ0) is 12.1. The lowest BCUT2D eigenvalue weighted by atomic mass is 10.1. The molecule has 17 heavy (non-hydrogen) atoms. The van der Waals surface area contributed by atoms with E-state index in [1.165, 1.54) is 9.13 Å². The molecule has 3 nitrogen and oxygen atoms in total. The second-order valence-corrected chi connectivity index (χ2v) is 5.26. The van der Waals surface area contributed by atoms with Crippen LogP contribution in [0, 0.1) is 3.57 Å². The van der Waals surface area contributed by atoms with E-state index in [9.17, 15) is 0 Å². The molecule has 2 aromatic rings. The van der Waals surface area contributed by atoms with Crippen molar-refractivity contribution in [2.75, 3.05) is 6.54 Å². The number of H-pyrrole nitrogens is 1. The minimum absolute atomic E-state index is 0.377. The lowest BCUT2D eigenvalue weighted by Crippen LogP contribution is -2.21. The first-order valence-corrected chi connectivity index (χ1v) is 6.80. The van der Waals surface area contributed by atoms with Crippen molar-refractivity contribution in [2.45, 2.75) is 19.4 Å². The van der Waals surface area contributed by atoms with Gasteiger partial charge in [0.15, 0.2) is 0 Å². The van der Waals surface area contributed by atoms with Crippen LogP contribution in [0.15, 0.2) is 36.7 Å². The molecule has 0 spiro atoms. The Morgan fingerprint density at radius 2 is 2.12 bits per heavy atom. The number of benzene rings is 1.